The summed E-state index contributed by atoms with van der Waals surface area (Å²) in [5.74, 6) is 1.77. The highest BCUT2D eigenvalue weighted by Crippen LogP contribution is 2.30. The van der Waals surface area contributed by atoms with Crippen LogP contribution in [0.15, 0.2) is 53.5 Å². The number of benzene rings is 2. The first-order valence-electron chi connectivity index (χ1n) is 9.11. The summed E-state index contributed by atoms with van der Waals surface area (Å²) in [4.78, 5) is 6.75. The maximum atomic E-state index is 5.50. The van der Waals surface area contributed by atoms with E-state index in [1.807, 2.05) is 19.2 Å². The minimum atomic E-state index is 0. The summed E-state index contributed by atoms with van der Waals surface area (Å²) in [6.45, 7) is 4.85. The molecule has 146 valence electrons. The van der Waals surface area contributed by atoms with Gasteiger partial charge in [0.1, 0.15) is 5.75 Å². The molecular weight excluding hydrogens is 451 g/mol. The molecule has 27 heavy (non-hydrogen) atoms. The van der Waals surface area contributed by atoms with Gasteiger partial charge in [0.25, 0.3) is 0 Å². The van der Waals surface area contributed by atoms with E-state index in [2.05, 4.69) is 63.8 Å². The lowest BCUT2D eigenvalue weighted by Gasteiger charge is -2.22. The Morgan fingerprint density at radius 3 is 2.67 bits per heavy atom. The van der Waals surface area contributed by atoms with E-state index in [4.69, 9.17) is 4.74 Å². The Hall–Kier alpha value is -1.96. The van der Waals surface area contributed by atoms with Crippen LogP contribution in [-0.4, -0.2) is 39.2 Å². The highest BCUT2D eigenvalue weighted by atomic mass is 127. The predicted molar refractivity (Wildman–Crippen MR) is 124 cm³/mol. The number of hydrogen-bond donors (Lipinski definition) is 2. The molecule has 0 saturated carbocycles. The van der Waals surface area contributed by atoms with Gasteiger partial charge in [-0.1, -0.05) is 36.4 Å². The van der Waals surface area contributed by atoms with Crippen LogP contribution in [-0.2, 0) is 6.54 Å². The molecule has 3 rings (SSSR count). The number of aliphatic imine (C=N–C) groups is 1. The van der Waals surface area contributed by atoms with Crippen LogP contribution < -0.4 is 20.3 Å². The van der Waals surface area contributed by atoms with Crippen LogP contribution in [0.25, 0.3) is 0 Å². The minimum Gasteiger partial charge on any atom is -0.495 e. The summed E-state index contributed by atoms with van der Waals surface area (Å²) in [6.07, 6.45) is 1.07. The number of guanidine groups is 1. The van der Waals surface area contributed by atoms with Crippen molar-refractivity contribution in [3.8, 4) is 5.75 Å². The van der Waals surface area contributed by atoms with Crippen molar-refractivity contribution >= 4 is 35.6 Å². The number of hydrogen-bond acceptors (Lipinski definition) is 3. The van der Waals surface area contributed by atoms with E-state index < -0.39 is 0 Å². The molecule has 1 atom stereocenters. The fraction of sp³-hybridized carbons (Fsp3) is 0.381. The molecule has 2 N–H and O–H groups in total. The van der Waals surface area contributed by atoms with E-state index in [9.17, 15) is 0 Å². The Bertz CT molecular complexity index is 765. The van der Waals surface area contributed by atoms with Crippen LogP contribution in [0.5, 0.6) is 5.75 Å². The average molecular weight is 480 g/mol. The topological polar surface area (TPSA) is 48.9 Å². The molecule has 1 aliphatic heterocycles. The van der Waals surface area contributed by atoms with Crippen molar-refractivity contribution in [2.24, 2.45) is 4.99 Å². The molecule has 0 bridgehead atoms. The van der Waals surface area contributed by atoms with E-state index >= 15 is 0 Å². The van der Waals surface area contributed by atoms with Gasteiger partial charge in [0.05, 0.1) is 12.8 Å². The molecule has 2 aromatic rings. The number of ether oxygens (including phenoxy) is 1. The summed E-state index contributed by atoms with van der Waals surface area (Å²) >= 11 is 0. The van der Waals surface area contributed by atoms with E-state index in [0.717, 1.165) is 43.5 Å². The molecule has 5 nitrogen and oxygen atoms in total. The van der Waals surface area contributed by atoms with Gasteiger partial charge in [-0.15, -0.1) is 24.0 Å². The van der Waals surface area contributed by atoms with Crippen molar-refractivity contribution in [3.05, 3.63) is 59.7 Å². The molecular formula is C21H29IN4O. The monoisotopic (exact) mass is 480 g/mol. The fourth-order valence-corrected chi connectivity index (χ4v) is 3.36. The smallest absolute Gasteiger partial charge is 0.191 e. The molecule has 1 heterocycles. The maximum Gasteiger partial charge on any atom is 0.191 e. The Kier molecular flexibility index (Phi) is 8.22. The number of halogens is 1. The third kappa shape index (κ3) is 5.51. The first-order chi connectivity index (χ1) is 12.7. The normalized spacial score (nSPS) is 16.6. The zero-order valence-electron chi connectivity index (χ0n) is 16.2. The Labute approximate surface area is 179 Å². The summed E-state index contributed by atoms with van der Waals surface area (Å²) < 4.78 is 5.50. The first-order valence-corrected chi connectivity index (χ1v) is 9.11. The molecule has 1 fully saturated rings. The molecule has 2 aromatic carbocycles. The fourth-order valence-electron chi connectivity index (χ4n) is 3.36. The molecule has 6 heteroatoms. The number of rotatable bonds is 5. The lowest BCUT2D eigenvalue weighted by Crippen LogP contribution is -2.44. The zero-order chi connectivity index (χ0) is 18.4. The van der Waals surface area contributed by atoms with Crippen molar-refractivity contribution in [1.82, 2.24) is 10.6 Å². The van der Waals surface area contributed by atoms with E-state index in [-0.39, 0.29) is 24.0 Å². The Morgan fingerprint density at radius 2 is 1.93 bits per heavy atom. The Balaban J connectivity index is 0.00000261. The van der Waals surface area contributed by atoms with E-state index in [1.54, 1.807) is 7.11 Å². The van der Waals surface area contributed by atoms with Gasteiger partial charge in [0.15, 0.2) is 5.96 Å². The minimum absolute atomic E-state index is 0. The second-order valence-corrected chi connectivity index (χ2v) is 6.60. The van der Waals surface area contributed by atoms with Crippen LogP contribution in [0.4, 0.5) is 5.69 Å². The molecule has 0 aromatic heterocycles. The molecule has 0 amide bonds. The number of aryl methyl sites for hydroxylation is 1. The SMILES string of the molecule is CN=C(NCc1ccccc1C)NC1CCN(c2ccccc2OC)C1.I. The van der Waals surface area contributed by atoms with Gasteiger partial charge in [-0.25, -0.2) is 0 Å². The van der Waals surface area contributed by atoms with Crippen LogP contribution in [0.2, 0.25) is 0 Å². The predicted octanol–water partition coefficient (Wildman–Crippen LogP) is 3.57. The quantitative estimate of drug-likeness (QED) is 0.391. The molecule has 1 aliphatic rings. The Morgan fingerprint density at radius 1 is 1.19 bits per heavy atom. The van der Waals surface area contributed by atoms with E-state index in [1.165, 1.54) is 11.1 Å². The van der Waals surface area contributed by atoms with Crippen LogP contribution in [0.3, 0.4) is 0 Å². The summed E-state index contributed by atoms with van der Waals surface area (Å²) in [6, 6.07) is 17.0. The first kappa shape index (κ1) is 21.3. The standard InChI is InChI=1S/C21H28N4O.HI/c1-16-8-4-5-9-17(16)14-23-21(22-2)24-18-12-13-25(15-18)19-10-6-7-11-20(19)26-3;/h4-11,18H,12-15H2,1-3H3,(H2,22,23,24);1H. The number of anilines is 1. The maximum absolute atomic E-state index is 5.50. The summed E-state index contributed by atoms with van der Waals surface area (Å²) in [7, 11) is 3.54. The number of para-hydroxylation sites is 2. The summed E-state index contributed by atoms with van der Waals surface area (Å²) in [5.41, 5.74) is 3.73. The zero-order valence-corrected chi connectivity index (χ0v) is 18.6. The van der Waals surface area contributed by atoms with Gasteiger partial charge < -0.3 is 20.3 Å². The second kappa shape index (κ2) is 10.4. The largest absolute Gasteiger partial charge is 0.495 e. The van der Waals surface area contributed by atoms with Crippen molar-refractivity contribution in [1.29, 1.82) is 0 Å². The molecule has 0 aliphatic carbocycles. The van der Waals surface area contributed by atoms with Crippen LogP contribution in [0.1, 0.15) is 17.5 Å². The van der Waals surface area contributed by atoms with Gasteiger partial charge in [0, 0.05) is 32.7 Å². The van der Waals surface area contributed by atoms with Crippen LogP contribution in [0, 0.1) is 6.92 Å². The van der Waals surface area contributed by atoms with Gasteiger partial charge in [-0.3, -0.25) is 4.99 Å². The van der Waals surface area contributed by atoms with Gasteiger partial charge in [0.2, 0.25) is 0 Å². The van der Waals surface area contributed by atoms with Crippen molar-refractivity contribution in [3.63, 3.8) is 0 Å². The van der Waals surface area contributed by atoms with E-state index in [0.29, 0.717) is 6.04 Å². The van der Waals surface area contributed by atoms with Gasteiger partial charge >= 0.3 is 0 Å². The average Bonchev–Trinajstić information content (AvgIpc) is 3.14. The highest BCUT2D eigenvalue weighted by molar-refractivity contribution is 14.0. The molecule has 0 radical (unpaired) electrons. The number of methoxy groups -OCH3 is 1. The van der Waals surface area contributed by atoms with Crippen molar-refractivity contribution < 1.29 is 4.74 Å². The van der Waals surface area contributed by atoms with Gasteiger partial charge in [-0.2, -0.15) is 0 Å². The number of nitrogens with zero attached hydrogens (tertiary/aromatic N) is 2. The second-order valence-electron chi connectivity index (χ2n) is 6.60. The molecule has 0 spiro atoms. The van der Waals surface area contributed by atoms with Crippen LogP contribution >= 0.6 is 24.0 Å². The summed E-state index contributed by atoms with van der Waals surface area (Å²) in [5, 5.41) is 6.98. The third-order valence-corrected chi connectivity index (χ3v) is 4.89. The lowest BCUT2D eigenvalue weighted by molar-refractivity contribution is 0.415. The third-order valence-electron chi connectivity index (χ3n) is 4.89. The van der Waals surface area contributed by atoms with Crippen molar-refractivity contribution in [2.75, 3.05) is 32.1 Å². The van der Waals surface area contributed by atoms with Crippen molar-refractivity contribution in [2.45, 2.75) is 25.9 Å². The lowest BCUT2D eigenvalue weighted by atomic mass is 10.1. The highest BCUT2D eigenvalue weighted by Gasteiger charge is 2.25. The number of nitrogens with one attached hydrogen (secondary N) is 2. The van der Waals surface area contributed by atoms with Gasteiger partial charge in [-0.05, 0) is 36.6 Å². The molecule has 1 unspecified atom stereocenters. The molecule has 1 saturated heterocycles.